The molecule has 1 rings (SSSR count). The molecule has 0 saturated heterocycles. The molecule has 0 spiro atoms. The van der Waals surface area contributed by atoms with Crippen LogP contribution in [0.3, 0.4) is 0 Å². The van der Waals surface area contributed by atoms with Gasteiger partial charge in [0.1, 0.15) is 0 Å². The van der Waals surface area contributed by atoms with Gasteiger partial charge in [0, 0.05) is 12.5 Å². The van der Waals surface area contributed by atoms with Crippen LogP contribution in [0.4, 0.5) is 5.13 Å². The lowest BCUT2D eigenvalue weighted by Gasteiger charge is -2.08. The van der Waals surface area contributed by atoms with E-state index in [2.05, 4.69) is 31.4 Å². The summed E-state index contributed by atoms with van der Waals surface area (Å²) < 4.78 is 0.710. The van der Waals surface area contributed by atoms with E-state index in [1.54, 1.807) is 0 Å². The Morgan fingerprint density at radius 3 is 2.92 bits per heavy atom. The van der Waals surface area contributed by atoms with Crippen LogP contribution in [0, 0.1) is 0 Å². The third kappa shape index (κ3) is 3.69. The Morgan fingerprint density at radius 1 is 1.77 bits per heavy atom. The van der Waals surface area contributed by atoms with E-state index in [0.29, 0.717) is 9.05 Å². The van der Waals surface area contributed by atoms with Crippen LogP contribution < -0.4 is 11.1 Å². The molecule has 0 aliphatic carbocycles. The predicted octanol–water partition coefficient (Wildman–Crippen LogP) is 0.976. The highest BCUT2D eigenvalue weighted by molar-refractivity contribution is 9.11. The van der Waals surface area contributed by atoms with Crippen molar-refractivity contribution in [3.05, 3.63) is 3.92 Å². The predicted molar refractivity (Wildman–Crippen MR) is 54.5 cm³/mol. The number of amides is 1. The van der Waals surface area contributed by atoms with Crippen molar-refractivity contribution >= 4 is 38.3 Å². The molecule has 0 aromatic carbocycles. The van der Waals surface area contributed by atoms with Gasteiger partial charge in [-0.3, -0.25) is 4.79 Å². The summed E-state index contributed by atoms with van der Waals surface area (Å²) in [6, 6.07) is -0.0163. The van der Waals surface area contributed by atoms with Gasteiger partial charge in [-0.1, -0.05) is 11.3 Å². The molecule has 0 bridgehead atoms. The summed E-state index contributed by atoms with van der Waals surface area (Å²) in [4.78, 5) is 10.5. The monoisotopic (exact) mass is 264 g/mol. The summed E-state index contributed by atoms with van der Waals surface area (Å²) in [5, 5.41) is 11.3. The van der Waals surface area contributed by atoms with Crippen molar-refractivity contribution in [2.45, 2.75) is 19.4 Å². The molecular weight excluding hydrogens is 256 g/mol. The number of hydrogen-bond donors (Lipinski definition) is 2. The second-order valence-corrected chi connectivity index (χ2v) is 4.83. The van der Waals surface area contributed by atoms with Gasteiger partial charge in [-0.05, 0) is 22.9 Å². The van der Waals surface area contributed by atoms with Crippen molar-refractivity contribution in [2.24, 2.45) is 5.73 Å². The summed E-state index contributed by atoms with van der Waals surface area (Å²) in [6.07, 6.45) is 0.289. The van der Waals surface area contributed by atoms with Gasteiger partial charge in [0.2, 0.25) is 11.0 Å². The van der Waals surface area contributed by atoms with Crippen LogP contribution in [-0.4, -0.2) is 22.1 Å². The first-order valence-electron chi connectivity index (χ1n) is 3.62. The quantitative estimate of drug-likeness (QED) is 0.850. The van der Waals surface area contributed by atoms with E-state index in [9.17, 15) is 4.79 Å². The number of carbonyl (C=O) groups is 1. The van der Waals surface area contributed by atoms with Gasteiger partial charge in [-0.15, -0.1) is 10.2 Å². The van der Waals surface area contributed by atoms with Gasteiger partial charge in [-0.25, -0.2) is 0 Å². The molecule has 1 aromatic heterocycles. The van der Waals surface area contributed by atoms with Crippen LogP contribution >= 0.6 is 27.3 Å². The van der Waals surface area contributed by atoms with Crippen molar-refractivity contribution in [3.8, 4) is 0 Å². The molecule has 72 valence electrons. The Bertz CT molecular complexity index is 303. The number of aromatic nitrogens is 2. The molecule has 0 radical (unpaired) electrons. The van der Waals surface area contributed by atoms with E-state index < -0.39 is 0 Å². The number of nitrogens with one attached hydrogen (secondary N) is 1. The number of rotatable bonds is 4. The zero-order valence-corrected chi connectivity index (χ0v) is 9.35. The average Bonchev–Trinajstić information content (AvgIpc) is 2.33. The summed E-state index contributed by atoms with van der Waals surface area (Å²) >= 11 is 4.56. The highest BCUT2D eigenvalue weighted by atomic mass is 79.9. The van der Waals surface area contributed by atoms with Gasteiger partial charge in [0.05, 0.1) is 0 Å². The Labute approximate surface area is 87.9 Å². The van der Waals surface area contributed by atoms with E-state index >= 15 is 0 Å². The first-order valence-corrected chi connectivity index (χ1v) is 5.22. The van der Waals surface area contributed by atoms with Gasteiger partial charge < -0.3 is 11.1 Å². The van der Waals surface area contributed by atoms with Gasteiger partial charge in [0.15, 0.2) is 3.92 Å². The molecule has 1 atom stereocenters. The van der Waals surface area contributed by atoms with Crippen molar-refractivity contribution in [3.63, 3.8) is 0 Å². The molecule has 0 aliphatic rings. The summed E-state index contributed by atoms with van der Waals surface area (Å²) in [5.41, 5.74) is 5.03. The maximum absolute atomic E-state index is 10.5. The van der Waals surface area contributed by atoms with Gasteiger partial charge in [-0.2, -0.15) is 0 Å². The lowest BCUT2D eigenvalue weighted by atomic mass is 10.2. The highest BCUT2D eigenvalue weighted by Gasteiger charge is 2.08. The zero-order valence-electron chi connectivity index (χ0n) is 6.95. The second kappa shape index (κ2) is 4.52. The number of anilines is 1. The number of nitrogens with two attached hydrogens (primary N) is 1. The fourth-order valence-electron chi connectivity index (χ4n) is 0.827. The van der Waals surface area contributed by atoms with Crippen LogP contribution in [0.2, 0.25) is 0 Å². The van der Waals surface area contributed by atoms with Crippen LogP contribution in [-0.2, 0) is 4.79 Å². The minimum absolute atomic E-state index is 0.0163. The molecule has 0 fully saturated rings. The molecule has 0 saturated carbocycles. The topological polar surface area (TPSA) is 80.9 Å². The average molecular weight is 265 g/mol. The Kier molecular flexibility index (Phi) is 3.61. The van der Waals surface area contributed by atoms with Crippen LogP contribution in [0.1, 0.15) is 13.3 Å². The maximum Gasteiger partial charge on any atom is 0.219 e. The van der Waals surface area contributed by atoms with E-state index in [0.717, 1.165) is 0 Å². The molecule has 7 heteroatoms. The molecule has 1 aromatic rings. The number of hydrogen-bond acceptors (Lipinski definition) is 5. The normalized spacial score (nSPS) is 12.5. The summed E-state index contributed by atoms with van der Waals surface area (Å²) in [7, 11) is 0. The molecular formula is C6H9BrN4OS. The van der Waals surface area contributed by atoms with Crippen LogP contribution in [0.5, 0.6) is 0 Å². The number of carbonyl (C=O) groups excluding carboxylic acids is 1. The lowest BCUT2D eigenvalue weighted by Crippen LogP contribution is -2.23. The van der Waals surface area contributed by atoms with Gasteiger partial charge in [0.25, 0.3) is 0 Å². The second-order valence-electron chi connectivity index (χ2n) is 2.58. The van der Waals surface area contributed by atoms with Crippen LogP contribution in [0.25, 0.3) is 0 Å². The minimum atomic E-state index is -0.330. The van der Waals surface area contributed by atoms with Crippen molar-refractivity contribution in [1.82, 2.24) is 10.2 Å². The molecule has 5 nitrogen and oxygen atoms in total. The molecule has 1 heterocycles. The highest BCUT2D eigenvalue weighted by Crippen LogP contribution is 2.20. The fraction of sp³-hybridized carbons (Fsp3) is 0.500. The van der Waals surface area contributed by atoms with E-state index in [1.165, 1.54) is 11.3 Å². The van der Waals surface area contributed by atoms with Crippen molar-refractivity contribution in [2.75, 3.05) is 5.32 Å². The van der Waals surface area contributed by atoms with Gasteiger partial charge >= 0.3 is 0 Å². The van der Waals surface area contributed by atoms with Crippen molar-refractivity contribution in [1.29, 1.82) is 0 Å². The number of primary amides is 1. The molecule has 1 unspecified atom stereocenters. The Hall–Kier alpha value is -0.690. The SMILES string of the molecule is CC(CC(N)=O)Nc1nnc(Br)s1. The zero-order chi connectivity index (χ0) is 9.84. The summed E-state index contributed by atoms with van der Waals surface area (Å²) in [6.45, 7) is 1.86. The fourth-order valence-corrected chi connectivity index (χ4v) is 1.95. The first kappa shape index (κ1) is 10.4. The Morgan fingerprint density at radius 2 is 2.46 bits per heavy atom. The number of halogens is 1. The molecule has 1 amide bonds. The van der Waals surface area contributed by atoms with E-state index in [1.807, 2.05) is 6.92 Å². The largest absolute Gasteiger partial charge is 0.370 e. The maximum atomic E-state index is 10.5. The summed E-state index contributed by atoms with van der Waals surface area (Å²) in [5.74, 6) is -0.330. The van der Waals surface area contributed by atoms with E-state index in [4.69, 9.17) is 5.73 Å². The minimum Gasteiger partial charge on any atom is -0.370 e. The molecule has 0 aliphatic heterocycles. The standard InChI is InChI=1S/C6H9BrN4OS/c1-3(2-4(8)12)9-6-11-10-5(7)13-6/h3H,2H2,1H3,(H2,8,12)(H,9,11). The van der Waals surface area contributed by atoms with Crippen LogP contribution in [0.15, 0.2) is 3.92 Å². The van der Waals surface area contributed by atoms with E-state index in [-0.39, 0.29) is 18.4 Å². The molecule has 3 N–H and O–H groups in total. The van der Waals surface area contributed by atoms with Crippen molar-refractivity contribution < 1.29 is 4.79 Å². The molecule has 13 heavy (non-hydrogen) atoms. The Balaban J connectivity index is 2.44. The third-order valence-corrected chi connectivity index (χ3v) is 2.56. The number of nitrogens with zero attached hydrogens (tertiary/aromatic N) is 2. The lowest BCUT2D eigenvalue weighted by molar-refractivity contribution is -0.118. The smallest absolute Gasteiger partial charge is 0.219 e. The first-order chi connectivity index (χ1) is 6.08. The third-order valence-electron chi connectivity index (χ3n) is 1.28.